The lowest BCUT2D eigenvalue weighted by Gasteiger charge is -2.38. The minimum absolute atomic E-state index is 0.0877. The fraction of sp³-hybridized carbons (Fsp3) is 0.556. The van der Waals surface area contributed by atoms with Gasteiger partial charge in [0.05, 0.1) is 11.3 Å². The molecule has 2 aliphatic rings. The topological polar surface area (TPSA) is 62.8 Å². The molecule has 5 heteroatoms. The van der Waals surface area contributed by atoms with Crippen LogP contribution in [0.3, 0.4) is 0 Å². The van der Waals surface area contributed by atoms with Crippen LogP contribution in [0.1, 0.15) is 44.2 Å². The summed E-state index contributed by atoms with van der Waals surface area (Å²) < 4.78 is 6.16. The van der Waals surface area contributed by atoms with Crippen LogP contribution < -0.4 is 5.32 Å². The summed E-state index contributed by atoms with van der Waals surface area (Å²) in [7, 11) is 0. The Morgan fingerprint density at radius 2 is 2.22 bits per heavy atom. The van der Waals surface area contributed by atoms with E-state index >= 15 is 0 Å². The van der Waals surface area contributed by atoms with Gasteiger partial charge in [0.2, 0.25) is 0 Å². The normalized spacial score (nSPS) is 23.4. The van der Waals surface area contributed by atoms with Crippen molar-refractivity contribution in [2.24, 2.45) is 0 Å². The van der Waals surface area contributed by atoms with E-state index in [4.69, 9.17) is 4.74 Å². The molecule has 1 spiro atoms. The molecule has 122 valence electrons. The van der Waals surface area contributed by atoms with Crippen LogP contribution >= 0.6 is 0 Å². The highest BCUT2D eigenvalue weighted by Crippen LogP contribution is 2.39. The highest BCUT2D eigenvalue weighted by atomic mass is 16.5. The molecule has 1 saturated carbocycles. The van der Waals surface area contributed by atoms with Crippen molar-refractivity contribution in [1.29, 1.82) is 0 Å². The molecular weight excluding hydrogens is 288 g/mol. The molecule has 1 aliphatic carbocycles. The molecule has 2 N–H and O–H groups in total. The first-order valence-corrected chi connectivity index (χ1v) is 8.68. The summed E-state index contributed by atoms with van der Waals surface area (Å²) in [6.07, 6.45) is 11.1. The molecule has 0 aromatic carbocycles. The van der Waals surface area contributed by atoms with Gasteiger partial charge < -0.3 is 10.1 Å². The minimum Gasteiger partial charge on any atom is -0.373 e. The minimum atomic E-state index is 0.0877. The van der Waals surface area contributed by atoms with Gasteiger partial charge in [0.1, 0.15) is 0 Å². The van der Waals surface area contributed by atoms with Gasteiger partial charge in [-0.15, -0.1) is 0 Å². The molecule has 2 aromatic rings. The average Bonchev–Trinajstić information content (AvgIpc) is 3.22. The van der Waals surface area contributed by atoms with Crippen LogP contribution in [0.5, 0.6) is 0 Å². The Bertz CT molecular complexity index is 633. The second-order valence-electron chi connectivity index (χ2n) is 6.72. The van der Waals surface area contributed by atoms with Gasteiger partial charge in [0.25, 0.3) is 0 Å². The summed E-state index contributed by atoms with van der Waals surface area (Å²) >= 11 is 0. The van der Waals surface area contributed by atoms with Gasteiger partial charge in [-0.2, -0.15) is 5.10 Å². The number of aromatic nitrogens is 3. The molecule has 0 unspecified atom stereocenters. The van der Waals surface area contributed by atoms with Crippen LogP contribution in [0, 0.1) is 0 Å². The molecule has 2 fully saturated rings. The van der Waals surface area contributed by atoms with E-state index in [0.29, 0.717) is 6.04 Å². The summed E-state index contributed by atoms with van der Waals surface area (Å²) in [6.45, 7) is 1.70. The number of aromatic amines is 1. The van der Waals surface area contributed by atoms with Gasteiger partial charge in [-0.1, -0.05) is 19.3 Å². The molecule has 2 aromatic heterocycles. The van der Waals surface area contributed by atoms with Gasteiger partial charge in [-0.3, -0.25) is 10.1 Å². The fourth-order valence-corrected chi connectivity index (χ4v) is 4.02. The molecule has 5 nitrogen and oxygen atoms in total. The van der Waals surface area contributed by atoms with Gasteiger partial charge in [0.15, 0.2) is 0 Å². The third-order valence-corrected chi connectivity index (χ3v) is 5.26. The quantitative estimate of drug-likeness (QED) is 0.911. The van der Waals surface area contributed by atoms with E-state index in [1.807, 2.05) is 18.3 Å². The first-order valence-electron chi connectivity index (χ1n) is 8.68. The van der Waals surface area contributed by atoms with Crippen molar-refractivity contribution in [3.05, 3.63) is 36.3 Å². The Morgan fingerprint density at radius 3 is 3.04 bits per heavy atom. The predicted molar refractivity (Wildman–Crippen MR) is 88.8 cm³/mol. The molecule has 0 amide bonds. The number of nitrogens with zero attached hydrogens (tertiary/aromatic N) is 2. The van der Waals surface area contributed by atoms with E-state index in [2.05, 4.69) is 26.6 Å². The number of ether oxygens (including phenoxy) is 1. The third-order valence-electron chi connectivity index (χ3n) is 5.26. The van der Waals surface area contributed by atoms with Gasteiger partial charge in [-0.05, 0) is 37.5 Å². The van der Waals surface area contributed by atoms with Crippen LogP contribution in [-0.2, 0) is 11.3 Å². The lowest BCUT2D eigenvalue weighted by molar-refractivity contribution is -0.0389. The second-order valence-corrected chi connectivity index (χ2v) is 6.72. The van der Waals surface area contributed by atoms with Crippen molar-refractivity contribution in [3.8, 4) is 11.3 Å². The van der Waals surface area contributed by atoms with Crippen molar-refractivity contribution in [2.75, 3.05) is 6.61 Å². The standard InChI is InChI=1S/C18H24N4O/c1-2-7-18(8-3-1)17(6-10-23-18)20-13-15-11-16(22-21-15)14-5-4-9-19-12-14/h4-5,9,11-12,17,20H,1-3,6-8,10,13H2,(H,21,22)/t17-/m0/s1. The SMILES string of the molecule is c1cncc(-c2cc(CN[C@H]3CCOC34CCCCC4)[nH]n2)c1. The van der Waals surface area contributed by atoms with Crippen LogP contribution in [0.25, 0.3) is 11.3 Å². The maximum atomic E-state index is 6.16. The Morgan fingerprint density at radius 1 is 1.30 bits per heavy atom. The van der Waals surface area contributed by atoms with E-state index in [-0.39, 0.29) is 5.60 Å². The molecule has 3 heterocycles. The number of pyridine rings is 1. The molecule has 4 rings (SSSR count). The zero-order valence-electron chi connectivity index (χ0n) is 13.4. The maximum Gasteiger partial charge on any atom is 0.0939 e. The van der Waals surface area contributed by atoms with Crippen molar-refractivity contribution >= 4 is 0 Å². The number of H-pyrrole nitrogens is 1. The number of hydrogen-bond acceptors (Lipinski definition) is 4. The molecule has 0 radical (unpaired) electrons. The fourth-order valence-electron chi connectivity index (χ4n) is 4.02. The molecule has 1 saturated heterocycles. The summed E-state index contributed by atoms with van der Waals surface area (Å²) in [5, 5.41) is 11.2. The molecule has 23 heavy (non-hydrogen) atoms. The largest absolute Gasteiger partial charge is 0.373 e. The first kappa shape index (κ1) is 14.8. The van der Waals surface area contributed by atoms with E-state index < -0.39 is 0 Å². The van der Waals surface area contributed by atoms with Crippen molar-refractivity contribution < 1.29 is 4.74 Å². The van der Waals surface area contributed by atoms with Crippen LogP contribution in [0.2, 0.25) is 0 Å². The van der Waals surface area contributed by atoms with E-state index in [1.165, 1.54) is 32.1 Å². The Balaban J connectivity index is 1.40. The van der Waals surface area contributed by atoms with Crippen LogP contribution in [0.4, 0.5) is 0 Å². The van der Waals surface area contributed by atoms with Crippen LogP contribution in [-0.4, -0.2) is 33.4 Å². The lowest BCUT2D eigenvalue weighted by Crippen LogP contribution is -2.48. The van der Waals surface area contributed by atoms with Crippen molar-refractivity contribution in [1.82, 2.24) is 20.5 Å². The maximum absolute atomic E-state index is 6.16. The van der Waals surface area contributed by atoms with E-state index in [9.17, 15) is 0 Å². The van der Waals surface area contributed by atoms with Crippen molar-refractivity contribution in [3.63, 3.8) is 0 Å². The summed E-state index contributed by atoms with van der Waals surface area (Å²) in [5.41, 5.74) is 3.19. The Labute approximate surface area is 136 Å². The monoisotopic (exact) mass is 312 g/mol. The summed E-state index contributed by atoms with van der Waals surface area (Å²) in [5.74, 6) is 0. The molecule has 1 aliphatic heterocycles. The predicted octanol–water partition coefficient (Wildman–Crippen LogP) is 3.05. The average molecular weight is 312 g/mol. The third kappa shape index (κ3) is 3.03. The zero-order valence-corrected chi connectivity index (χ0v) is 13.4. The summed E-state index contributed by atoms with van der Waals surface area (Å²) in [4.78, 5) is 4.15. The molecule has 1 atom stereocenters. The summed E-state index contributed by atoms with van der Waals surface area (Å²) in [6, 6.07) is 6.54. The highest BCUT2D eigenvalue weighted by molar-refractivity contribution is 5.57. The smallest absolute Gasteiger partial charge is 0.0939 e. The number of rotatable bonds is 4. The van der Waals surface area contributed by atoms with Gasteiger partial charge in [-0.25, -0.2) is 0 Å². The molecular formula is C18H24N4O. The molecule has 0 bridgehead atoms. The number of nitrogens with one attached hydrogen (secondary N) is 2. The van der Waals surface area contributed by atoms with Crippen LogP contribution in [0.15, 0.2) is 30.6 Å². The van der Waals surface area contributed by atoms with Gasteiger partial charge in [0, 0.05) is 42.8 Å². The van der Waals surface area contributed by atoms with E-state index in [0.717, 1.165) is 36.5 Å². The number of hydrogen-bond donors (Lipinski definition) is 2. The second kappa shape index (κ2) is 6.42. The first-order chi connectivity index (χ1) is 11.4. The highest BCUT2D eigenvalue weighted by Gasteiger charge is 2.44. The Hall–Kier alpha value is -1.72. The van der Waals surface area contributed by atoms with Crippen molar-refractivity contribution in [2.45, 2.75) is 56.7 Å². The van der Waals surface area contributed by atoms with E-state index in [1.54, 1.807) is 6.20 Å². The zero-order chi connectivity index (χ0) is 15.5. The lowest BCUT2D eigenvalue weighted by atomic mass is 9.79. The Kier molecular flexibility index (Phi) is 4.14. The van der Waals surface area contributed by atoms with Gasteiger partial charge >= 0.3 is 0 Å².